The fourth-order valence-corrected chi connectivity index (χ4v) is 3.15. The molecule has 2 rings (SSSR count). The van der Waals surface area contributed by atoms with Crippen LogP contribution in [-0.4, -0.2) is 11.1 Å². The highest BCUT2D eigenvalue weighted by atomic mass is 79.9. The van der Waals surface area contributed by atoms with Crippen LogP contribution in [0, 0.1) is 11.6 Å². The van der Waals surface area contributed by atoms with Crippen molar-refractivity contribution in [1.82, 2.24) is 0 Å². The number of aromatic carboxylic acids is 1. The first-order chi connectivity index (χ1) is 9.47. The topological polar surface area (TPSA) is 37.3 Å². The number of carbonyl (C=O) groups is 1. The molecule has 0 fully saturated rings. The smallest absolute Gasteiger partial charge is 0.335 e. The van der Waals surface area contributed by atoms with Gasteiger partial charge in [-0.15, -0.1) is 11.8 Å². The van der Waals surface area contributed by atoms with E-state index in [9.17, 15) is 13.6 Å². The van der Waals surface area contributed by atoms with Gasteiger partial charge in [-0.1, -0.05) is 22.0 Å². The molecular weight excluding hydrogens is 350 g/mol. The van der Waals surface area contributed by atoms with E-state index in [1.54, 1.807) is 6.07 Å². The summed E-state index contributed by atoms with van der Waals surface area (Å²) in [5, 5.41) is 8.86. The maximum Gasteiger partial charge on any atom is 0.335 e. The Labute approximate surface area is 126 Å². The minimum absolute atomic E-state index is 0.193. The Bertz CT molecular complexity index is 662. The molecule has 0 saturated heterocycles. The van der Waals surface area contributed by atoms with E-state index in [1.807, 2.05) is 0 Å². The van der Waals surface area contributed by atoms with E-state index in [2.05, 4.69) is 15.9 Å². The molecule has 2 aromatic carbocycles. The van der Waals surface area contributed by atoms with Gasteiger partial charge in [0.05, 0.1) is 5.56 Å². The molecule has 0 saturated carbocycles. The standard InChI is InChI=1S/C14H9BrF2O2S/c15-11-5-8(14(18)19)1-2-9(11)7-20-10-3-4-12(16)13(17)6-10/h1-6H,7H2,(H,18,19). The third-order valence-electron chi connectivity index (χ3n) is 2.59. The van der Waals surface area contributed by atoms with Gasteiger partial charge in [0.25, 0.3) is 0 Å². The summed E-state index contributed by atoms with van der Waals surface area (Å²) in [7, 11) is 0. The van der Waals surface area contributed by atoms with Gasteiger partial charge in [0.1, 0.15) is 0 Å². The zero-order chi connectivity index (χ0) is 14.7. The van der Waals surface area contributed by atoms with Gasteiger partial charge in [-0.25, -0.2) is 13.6 Å². The molecule has 20 heavy (non-hydrogen) atoms. The summed E-state index contributed by atoms with van der Waals surface area (Å²) in [6.07, 6.45) is 0. The van der Waals surface area contributed by atoms with Gasteiger partial charge in [-0.2, -0.15) is 0 Å². The van der Waals surface area contributed by atoms with Crippen LogP contribution < -0.4 is 0 Å². The van der Waals surface area contributed by atoms with Crippen molar-refractivity contribution in [2.75, 3.05) is 0 Å². The van der Waals surface area contributed by atoms with Crippen molar-refractivity contribution in [3.63, 3.8) is 0 Å². The molecule has 6 heteroatoms. The first kappa shape index (κ1) is 15.0. The summed E-state index contributed by atoms with van der Waals surface area (Å²) in [6.45, 7) is 0. The highest BCUT2D eigenvalue weighted by Gasteiger charge is 2.08. The number of hydrogen-bond acceptors (Lipinski definition) is 2. The van der Waals surface area contributed by atoms with Gasteiger partial charge in [-0.3, -0.25) is 0 Å². The molecule has 0 aliphatic carbocycles. The van der Waals surface area contributed by atoms with Crippen molar-refractivity contribution in [2.45, 2.75) is 10.6 Å². The van der Waals surface area contributed by atoms with Gasteiger partial charge in [0, 0.05) is 15.1 Å². The Kier molecular flexibility index (Phi) is 4.77. The van der Waals surface area contributed by atoms with Crippen LogP contribution in [0.1, 0.15) is 15.9 Å². The van der Waals surface area contributed by atoms with Crippen molar-refractivity contribution < 1.29 is 18.7 Å². The molecule has 0 aromatic heterocycles. The second-order valence-electron chi connectivity index (χ2n) is 3.98. The number of rotatable bonds is 4. The summed E-state index contributed by atoms with van der Waals surface area (Å²) in [4.78, 5) is 11.4. The maximum atomic E-state index is 13.1. The summed E-state index contributed by atoms with van der Waals surface area (Å²) >= 11 is 4.65. The number of benzene rings is 2. The minimum atomic E-state index is -0.995. The van der Waals surface area contributed by atoms with Crippen LogP contribution in [-0.2, 0) is 5.75 Å². The second kappa shape index (κ2) is 6.37. The molecule has 1 N–H and O–H groups in total. The lowest BCUT2D eigenvalue weighted by molar-refractivity contribution is 0.0697. The van der Waals surface area contributed by atoms with Crippen LogP contribution in [0.15, 0.2) is 45.8 Å². The van der Waals surface area contributed by atoms with E-state index in [-0.39, 0.29) is 5.56 Å². The van der Waals surface area contributed by atoms with Crippen molar-refractivity contribution in [1.29, 1.82) is 0 Å². The van der Waals surface area contributed by atoms with E-state index >= 15 is 0 Å². The van der Waals surface area contributed by atoms with Gasteiger partial charge in [0.15, 0.2) is 11.6 Å². The Morgan fingerprint density at radius 3 is 2.50 bits per heavy atom. The summed E-state index contributed by atoms with van der Waals surface area (Å²) in [5.41, 5.74) is 1.07. The minimum Gasteiger partial charge on any atom is -0.478 e. The third-order valence-corrected chi connectivity index (χ3v) is 4.37. The predicted octanol–water partition coefficient (Wildman–Crippen LogP) is 4.72. The Hall–Kier alpha value is -1.40. The number of carboxylic acids is 1. The molecule has 0 heterocycles. The largest absolute Gasteiger partial charge is 0.478 e. The van der Waals surface area contributed by atoms with E-state index in [0.717, 1.165) is 17.7 Å². The van der Waals surface area contributed by atoms with Crippen LogP contribution in [0.5, 0.6) is 0 Å². The van der Waals surface area contributed by atoms with Gasteiger partial charge < -0.3 is 5.11 Å². The lowest BCUT2D eigenvalue weighted by Crippen LogP contribution is -1.96. The van der Waals surface area contributed by atoms with Crippen LogP contribution in [0.4, 0.5) is 8.78 Å². The molecule has 0 aliphatic rings. The lowest BCUT2D eigenvalue weighted by Gasteiger charge is -2.06. The van der Waals surface area contributed by atoms with Crippen molar-refractivity contribution in [3.05, 3.63) is 63.6 Å². The fourth-order valence-electron chi connectivity index (χ4n) is 1.53. The average Bonchev–Trinajstić information content (AvgIpc) is 2.41. The van der Waals surface area contributed by atoms with Gasteiger partial charge in [-0.05, 0) is 35.9 Å². The number of hydrogen-bond donors (Lipinski definition) is 1. The quantitative estimate of drug-likeness (QED) is 0.803. The molecule has 0 amide bonds. The number of thioether (sulfide) groups is 1. The molecule has 0 unspecified atom stereocenters. The summed E-state index contributed by atoms with van der Waals surface area (Å²) in [5.74, 6) is -2.23. The average molecular weight is 359 g/mol. The second-order valence-corrected chi connectivity index (χ2v) is 5.88. The lowest BCUT2D eigenvalue weighted by atomic mass is 10.1. The van der Waals surface area contributed by atoms with Crippen LogP contribution >= 0.6 is 27.7 Å². The SMILES string of the molecule is O=C(O)c1ccc(CSc2ccc(F)c(F)c2)c(Br)c1. The Morgan fingerprint density at radius 1 is 1.15 bits per heavy atom. The van der Waals surface area contributed by atoms with Crippen molar-refractivity contribution in [3.8, 4) is 0 Å². The summed E-state index contributed by atoms with van der Waals surface area (Å²) < 4.78 is 26.5. The van der Waals surface area contributed by atoms with E-state index in [0.29, 0.717) is 15.1 Å². The van der Waals surface area contributed by atoms with Gasteiger partial charge in [0.2, 0.25) is 0 Å². The molecular formula is C14H9BrF2O2S. The first-order valence-electron chi connectivity index (χ1n) is 5.57. The van der Waals surface area contributed by atoms with Crippen molar-refractivity contribution in [2.24, 2.45) is 0 Å². The molecule has 0 aliphatic heterocycles. The van der Waals surface area contributed by atoms with E-state index in [1.165, 1.54) is 30.0 Å². The molecule has 0 bridgehead atoms. The Morgan fingerprint density at radius 2 is 1.90 bits per heavy atom. The molecule has 0 atom stereocenters. The fraction of sp³-hybridized carbons (Fsp3) is 0.0714. The van der Waals surface area contributed by atoms with Crippen LogP contribution in [0.3, 0.4) is 0 Å². The molecule has 104 valence electrons. The highest BCUT2D eigenvalue weighted by molar-refractivity contribution is 9.10. The predicted molar refractivity (Wildman–Crippen MR) is 77.0 cm³/mol. The number of carboxylic acid groups (broad SMARTS) is 1. The maximum absolute atomic E-state index is 13.1. The highest BCUT2D eigenvalue weighted by Crippen LogP contribution is 2.28. The first-order valence-corrected chi connectivity index (χ1v) is 7.35. The normalized spacial score (nSPS) is 10.6. The van der Waals surface area contributed by atoms with E-state index in [4.69, 9.17) is 5.11 Å². The third kappa shape index (κ3) is 3.58. The molecule has 0 radical (unpaired) electrons. The monoisotopic (exact) mass is 358 g/mol. The van der Waals surface area contributed by atoms with E-state index < -0.39 is 17.6 Å². The van der Waals surface area contributed by atoms with Crippen molar-refractivity contribution >= 4 is 33.7 Å². The van der Waals surface area contributed by atoms with Crippen LogP contribution in [0.25, 0.3) is 0 Å². The summed E-state index contributed by atoms with van der Waals surface area (Å²) in [6, 6.07) is 8.44. The molecule has 2 aromatic rings. The molecule has 0 spiro atoms. The van der Waals surface area contributed by atoms with Crippen LogP contribution in [0.2, 0.25) is 0 Å². The number of halogens is 3. The zero-order valence-corrected chi connectivity index (χ0v) is 12.5. The zero-order valence-electron chi connectivity index (χ0n) is 10.1. The molecule has 2 nitrogen and oxygen atoms in total. The Balaban J connectivity index is 2.10. The van der Waals surface area contributed by atoms with Gasteiger partial charge >= 0.3 is 5.97 Å².